The van der Waals surface area contributed by atoms with Crippen molar-refractivity contribution < 1.29 is 14.0 Å². The zero-order valence-corrected chi connectivity index (χ0v) is 15.3. The van der Waals surface area contributed by atoms with Crippen LogP contribution in [0.3, 0.4) is 0 Å². The van der Waals surface area contributed by atoms with E-state index in [9.17, 15) is 9.59 Å². The van der Waals surface area contributed by atoms with Crippen LogP contribution in [-0.2, 0) is 11.2 Å². The minimum absolute atomic E-state index is 0.0533. The van der Waals surface area contributed by atoms with Crippen molar-refractivity contribution in [2.45, 2.75) is 58.0 Å². The number of carbonyl (C=O) groups is 2. The van der Waals surface area contributed by atoms with Gasteiger partial charge in [-0.2, -0.15) is 0 Å². The summed E-state index contributed by atoms with van der Waals surface area (Å²) >= 11 is 0. The first-order valence-corrected chi connectivity index (χ1v) is 9.51. The van der Waals surface area contributed by atoms with Crippen LogP contribution in [0.1, 0.15) is 55.8 Å². The topological polar surface area (TPSA) is 65.8 Å². The summed E-state index contributed by atoms with van der Waals surface area (Å²) in [5, 5.41) is 3.17. The Labute approximate surface area is 149 Å². The van der Waals surface area contributed by atoms with Crippen molar-refractivity contribution in [3.05, 3.63) is 23.7 Å². The third-order valence-electron chi connectivity index (χ3n) is 5.45. The maximum absolute atomic E-state index is 12.5. The fraction of sp³-hybridized carbons (Fsp3) is 0.684. The van der Waals surface area contributed by atoms with Crippen LogP contribution in [0.4, 0.5) is 0 Å². The van der Waals surface area contributed by atoms with E-state index in [0.29, 0.717) is 38.0 Å². The quantitative estimate of drug-likeness (QED) is 0.885. The van der Waals surface area contributed by atoms with E-state index < -0.39 is 0 Å². The number of piperazine rings is 1. The second kappa shape index (κ2) is 8.04. The Balaban J connectivity index is 1.48. The third kappa shape index (κ3) is 4.24. The summed E-state index contributed by atoms with van der Waals surface area (Å²) in [6, 6.07) is 3.82. The van der Waals surface area contributed by atoms with Crippen LogP contribution in [0.2, 0.25) is 0 Å². The molecule has 0 unspecified atom stereocenters. The summed E-state index contributed by atoms with van der Waals surface area (Å²) in [4.78, 5) is 28.9. The molecule has 2 amide bonds. The predicted molar refractivity (Wildman–Crippen MR) is 95.4 cm³/mol. The number of hydrogen-bond donors (Lipinski definition) is 1. The predicted octanol–water partition coefficient (Wildman–Crippen LogP) is 2.05. The van der Waals surface area contributed by atoms with Crippen molar-refractivity contribution in [1.29, 1.82) is 0 Å². The molecule has 1 aromatic rings. The Hall–Kier alpha value is -1.82. The molecule has 6 heteroatoms. The van der Waals surface area contributed by atoms with Gasteiger partial charge in [-0.3, -0.25) is 14.5 Å². The second-order valence-electron chi connectivity index (χ2n) is 7.11. The molecule has 138 valence electrons. The minimum Gasteiger partial charge on any atom is -0.456 e. The Morgan fingerprint density at radius 3 is 2.48 bits per heavy atom. The number of carbonyl (C=O) groups excluding carboxylic acids is 2. The van der Waals surface area contributed by atoms with Crippen LogP contribution >= 0.6 is 0 Å². The monoisotopic (exact) mass is 347 g/mol. The van der Waals surface area contributed by atoms with Crippen LogP contribution in [0.25, 0.3) is 0 Å². The molecule has 6 nitrogen and oxygen atoms in total. The zero-order valence-electron chi connectivity index (χ0n) is 15.3. The highest BCUT2D eigenvalue weighted by atomic mass is 16.4. The summed E-state index contributed by atoms with van der Waals surface area (Å²) in [6.45, 7) is 6.65. The van der Waals surface area contributed by atoms with Gasteiger partial charge in [-0.05, 0) is 31.9 Å². The number of furan rings is 1. The van der Waals surface area contributed by atoms with E-state index in [1.807, 2.05) is 24.8 Å². The maximum Gasteiger partial charge on any atom is 0.289 e. The standard InChI is InChI=1S/C19H29N3O3/c1-3-16-8-9-17(25-16)19(24)22-12-10-21(11-13-22)14(2)18(23)20-15-6-4-5-7-15/h8-9,14-15H,3-7,10-13H2,1-2H3,(H,20,23)/t14-/m0/s1. The van der Waals surface area contributed by atoms with Crippen LogP contribution in [-0.4, -0.2) is 59.9 Å². The van der Waals surface area contributed by atoms with E-state index in [1.54, 1.807) is 6.07 Å². The summed E-state index contributed by atoms with van der Waals surface area (Å²) in [5.74, 6) is 1.31. The first-order chi connectivity index (χ1) is 12.1. The molecular weight excluding hydrogens is 318 g/mol. The van der Waals surface area contributed by atoms with Gasteiger partial charge in [0, 0.05) is 38.6 Å². The van der Waals surface area contributed by atoms with Crippen molar-refractivity contribution >= 4 is 11.8 Å². The average Bonchev–Trinajstić information content (AvgIpc) is 3.32. The van der Waals surface area contributed by atoms with E-state index in [2.05, 4.69) is 10.2 Å². The van der Waals surface area contributed by atoms with Crippen LogP contribution in [0.15, 0.2) is 16.5 Å². The Kier molecular flexibility index (Phi) is 5.78. The smallest absolute Gasteiger partial charge is 0.289 e. The van der Waals surface area contributed by atoms with Gasteiger partial charge in [-0.1, -0.05) is 19.8 Å². The summed E-state index contributed by atoms with van der Waals surface area (Å²) in [5.41, 5.74) is 0. The number of hydrogen-bond acceptors (Lipinski definition) is 4. The van der Waals surface area contributed by atoms with Crippen molar-refractivity contribution in [3.8, 4) is 0 Å². The molecule has 2 heterocycles. The largest absolute Gasteiger partial charge is 0.456 e. The maximum atomic E-state index is 12.5. The molecule has 1 saturated carbocycles. The summed E-state index contributed by atoms with van der Waals surface area (Å²) in [7, 11) is 0. The molecule has 1 aliphatic carbocycles. The molecule has 3 rings (SSSR count). The van der Waals surface area contributed by atoms with Gasteiger partial charge in [-0.25, -0.2) is 0 Å². The van der Waals surface area contributed by atoms with Gasteiger partial charge >= 0.3 is 0 Å². The fourth-order valence-electron chi connectivity index (χ4n) is 3.71. The van der Waals surface area contributed by atoms with Crippen LogP contribution in [0, 0.1) is 0 Å². The molecule has 2 fully saturated rings. The number of amides is 2. The van der Waals surface area contributed by atoms with E-state index in [-0.39, 0.29) is 17.9 Å². The molecule has 0 spiro atoms. The lowest BCUT2D eigenvalue weighted by Crippen LogP contribution is -2.55. The first-order valence-electron chi connectivity index (χ1n) is 9.51. The van der Waals surface area contributed by atoms with E-state index >= 15 is 0 Å². The number of nitrogens with one attached hydrogen (secondary N) is 1. The number of nitrogens with zero attached hydrogens (tertiary/aromatic N) is 2. The van der Waals surface area contributed by atoms with Crippen molar-refractivity contribution in [3.63, 3.8) is 0 Å². The Bertz CT molecular complexity index is 599. The number of aryl methyl sites for hydroxylation is 1. The molecular formula is C19H29N3O3. The van der Waals surface area contributed by atoms with Gasteiger partial charge in [0.15, 0.2) is 5.76 Å². The first kappa shape index (κ1) is 18.0. The summed E-state index contributed by atoms with van der Waals surface area (Å²) < 4.78 is 5.57. The average molecular weight is 347 g/mol. The highest BCUT2D eigenvalue weighted by Gasteiger charge is 2.30. The molecule has 1 atom stereocenters. The van der Waals surface area contributed by atoms with Gasteiger partial charge in [0.2, 0.25) is 5.91 Å². The normalized spacial score (nSPS) is 20.6. The third-order valence-corrected chi connectivity index (χ3v) is 5.45. The van der Waals surface area contributed by atoms with Gasteiger partial charge in [0.05, 0.1) is 6.04 Å². The molecule has 1 aliphatic heterocycles. The molecule has 0 aromatic carbocycles. The van der Waals surface area contributed by atoms with Crippen molar-refractivity contribution in [1.82, 2.24) is 15.1 Å². The Morgan fingerprint density at radius 2 is 1.88 bits per heavy atom. The second-order valence-corrected chi connectivity index (χ2v) is 7.11. The van der Waals surface area contributed by atoms with Gasteiger partial charge in [-0.15, -0.1) is 0 Å². The SMILES string of the molecule is CCc1ccc(C(=O)N2CCN([C@@H](C)C(=O)NC3CCCC3)CC2)o1. The highest BCUT2D eigenvalue weighted by molar-refractivity contribution is 5.91. The van der Waals surface area contributed by atoms with E-state index in [0.717, 1.165) is 25.0 Å². The van der Waals surface area contributed by atoms with Gasteiger partial charge < -0.3 is 14.6 Å². The number of rotatable bonds is 5. The lowest BCUT2D eigenvalue weighted by Gasteiger charge is -2.37. The van der Waals surface area contributed by atoms with Gasteiger partial charge in [0.25, 0.3) is 5.91 Å². The lowest BCUT2D eigenvalue weighted by atomic mass is 10.2. The molecule has 2 aliphatic rings. The molecule has 0 radical (unpaired) electrons. The lowest BCUT2D eigenvalue weighted by molar-refractivity contribution is -0.127. The van der Waals surface area contributed by atoms with Crippen molar-refractivity contribution in [2.75, 3.05) is 26.2 Å². The molecule has 1 saturated heterocycles. The van der Waals surface area contributed by atoms with Crippen LogP contribution < -0.4 is 5.32 Å². The van der Waals surface area contributed by atoms with E-state index in [1.165, 1.54) is 12.8 Å². The minimum atomic E-state index is -0.145. The highest BCUT2D eigenvalue weighted by Crippen LogP contribution is 2.18. The zero-order chi connectivity index (χ0) is 17.8. The molecule has 1 aromatic heterocycles. The summed E-state index contributed by atoms with van der Waals surface area (Å²) in [6.07, 6.45) is 5.42. The molecule has 0 bridgehead atoms. The Morgan fingerprint density at radius 1 is 1.20 bits per heavy atom. The molecule has 1 N–H and O–H groups in total. The van der Waals surface area contributed by atoms with Crippen molar-refractivity contribution in [2.24, 2.45) is 0 Å². The van der Waals surface area contributed by atoms with E-state index in [4.69, 9.17) is 4.42 Å². The van der Waals surface area contributed by atoms with Gasteiger partial charge in [0.1, 0.15) is 5.76 Å². The van der Waals surface area contributed by atoms with Crippen LogP contribution in [0.5, 0.6) is 0 Å². The fourth-order valence-corrected chi connectivity index (χ4v) is 3.71. The molecule has 25 heavy (non-hydrogen) atoms.